The van der Waals surface area contributed by atoms with Crippen molar-refractivity contribution in [1.29, 1.82) is 0 Å². The molecular weight excluding hydrogens is 604 g/mol. The summed E-state index contributed by atoms with van der Waals surface area (Å²) in [6.07, 6.45) is 1.31. The van der Waals surface area contributed by atoms with Gasteiger partial charge in [-0.15, -0.1) is 22.7 Å². The largest absolute Gasteiger partial charge is 0.427 e. The topological polar surface area (TPSA) is 186 Å². The monoisotopic (exact) mass is 628 g/mol. The van der Waals surface area contributed by atoms with Crippen molar-refractivity contribution in [3.8, 4) is 0 Å². The zero-order valence-electron chi connectivity index (χ0n) is 21.5. The van der Waals surface area contributed by atoms with E-state index in [4.69, 9.17) is 26.8 Å². The van der Waals surface area contributed by atoms with Gasteiger partial charge in [0.05, 0.1) is 39.7 Å². The lowest BCUT2D eigenvalue weighted by Crippen LogP contribution is -2.73. The Kier molecular flexibility index (Phi) is 8.72. The van der Waals surface area contributed by atoms with Crippen LogP contribution in [0.5, 0.6) is 0 Å². The third-order valence-electron chi connectivity index (χ3n) is 5.94. The van der Waals surface area contributed by atoms with Crippen LogP contribution >= 0.6 is 46.0 Å². The minimum Gasteiger partial charge on any atom is -0.427 e. The van der Waals surface area contributed by atoms with Gasteiger partial charge >= 0.3 is 11.9 Å². The number of nitrogen functional groups attached to an aromatic ring is 1. The number of amides is 2. The van der Waals surface area contributed by atoms with Gasteiger partial charge in [-0.2, -0.15) is 0 Å². The number of fused-ring (bicyclic) bond motifs is 1. The number of thioether (sulfide) groups is 1. The molecule has 3 atom stereocenters. The van der Waals surface area contributed by atoms with Crippen molar-refractivity contribution in [2.75, 3.05) is 12.5 Å². The number of hydrogen-bond acceptors (Lipinski definition) is 14. The molecule has 0 aliphatic carbocycles. The number of halogens is 1. The fourth-order valence-electron chi connectivity index (χ4n) is 3.89. The van der Waals surface area contributed by atoms with Crippen LogP contribution in [-0.4, -0.2) is 67.2 Å². The second-order valence-electron chi connectivity index (χ2n) is 9.75. The summed E-state index contributed by atoms with van der Waals surface area (Å²) < 4.78 is 10.5. The van der Waals surface area contributed by atoms with Crippen LogP contribution in [-0.2, 0) is 35.1 Å². The van der Waals surface area contributed by atoms with E-state index < -0.39 is 47.0 Å². The Labute approximate surface area is 245 Å². The van der Waals surface area contributed by atoms with Gasteiger partial charge in [-0.1, -0.05) is 34.6 Å². The summed E-state index contributed by atoms with van der Waals surface area (Å²) >= 11 is 9.44. The smallest absolute Gasteiger partial charge is 0.329 e. The van der Waals surface area contributed by atoms with Gasteiger partial charge in [-0.05, 0) is 26.8 Å². The minimum atomic E-state index is -2.05. The van der Waals surface area contributed by atoms with Gasteiger partial charge in [-0.25, -0.2) is 9.97 Å². The molecule has 40 heavy (non-hydrogen) atoms. The lowest BCUT2D eigenvalue weighted by atomic mass is 9.81. The Morgan fingerprint density at radius 2 is 2.10 bits per heavy atom. The van der Waals surface area contributed by atoms with Gasteiger partial charge < -0.3 is 30.6 Å². The van der Waals surface area contributed by atoms with E-state index in [-0.39, 0.29) is 34.1 Å². The number of rotatable bonds is 8. The number of anilines is 1. The molecule has 2 aromatic heterocycles. The number of nitrogens with two attached hydrogens (primary N) is 1. The molecule has 13 nitrogen and oxygen atoms in total. The van der Waals surface area contributed by atoms with Gasteiger partial charge in [0.15, 0.2) is 10.5 Å². The summed E-state index contributed by atoms with van der Waals surface area (Å²) in [7, 11) is 0. The zero-order chi connectivity index (χ0) is 29.2. The van der Waals surface area contributed by atoms with E-state index in [1.54, 1.807) is 26.2 Å². The first kappa shape index (κ1) is 29.8. The molecule has 0 radical (unpaired) electrons. The fourth-order valence-corrected chi connectivity index (χ4v) is 6.67. The summed E-state index contributed by atoms with van der Waals surface area (Å²) in [6, 6.07) is 0. The molecule has 0 spiro atoms. The molecule has 2 aliphatic heterocycles. The molecular formula is C23H25ClN6O7S3. The Balaban J connectivity index is 1.73. The summed E-state index contributed by atoms with van der Waals surface area (Å²) in [5.74, 6) is -2.61. The SMILES string of the molecule is CC(C)(C)C(=O)OCOC(=O)C1(C=Cc2scnc2Cl)C(=NO)S[C@@H]2CC(=O)N2C1NC(=O)Cc1csc(N)n1. The van der Waals surface area contributed by atoms with E-state index in [0.717, 1.165) is 23.1 Å². The van der Waals surface area contributed by atoms with Crippen LogP contribution < -0.4 is 11.1 Å². The number of esters is 2. The lowest BCUT2D eigenvalue weighted by molar-refractivity contribution is -0.179. The molecule has 0 aromatic carbocycles. The van der Waals surface area contributed by atoms with Gasteiger partial charge in [0.2, 0.25) is 18.6 Å². The highest BCUT2D eigenvalue weighted by atomic mass is 35.5. The number of aromatic nitrogens is 2. The second-order valence-corrected chi connectivity index (χ2v) is 13.0. The van der Waals surface area contributed by atoms with Crippen molar-refractivity contribution >= 4 is 86.0 Å². The molecule has 0 bridgehead atoms. The summed E-state index contributed by atoms with van der Waals surface area (Å²) in [6.45, 7) is 4.13. The number of ether oxygens (including phenoxy) is 2. The van der Waals surface area contributed by atoms with E-state index in [1.807, 2.05) is 0 Å². The van der Waals surface area contributed by atoms with Crippen LogP contribution in [0.4, 0.5) is 5.13 Å². The van der Waals surface area contributed by atoms with Crippen molar-refractivity contribution in [3.05, 3.63) is 32.7 Å². The standard InChI is InChI=1S/C23H25ClN6O7S3/c1-22(2,3)19(33)36-10-37-20(34)23(5-4-12-16(24)26-9-39-12)17(28-13(31)6-11-8-38-21(25)27-11)30-14(32)7-15(30)40-18(23)29-35/h4-5,8-9,15,17,35H,6-7,10H2,1-3H3,(H2,25,27)(H,28,31)/t15-,17?,23?/m1/s1. The first-order valence-corrected chi connectivity index (χ1v) is 14.7. The number of carbonyl (C=O) groups is 4. The number of nitrogens with one attached hydrogen (secondary N) is 1. The number of oxime groups is 1. The second kappa shape index (κ2) is 11.7. The summed E-state index contributed by atoms with van der Waals surface area (Å²) in [5, 5.41) is 17.5. The highest BCUT2D eigenvalue weighted by Gasteiger charge is 2.63. The van der Waals surface area contributed by atoms with E-state index in [0.29, 0.717) is 10.6 Å². The molecule has 214 valence electrons. The van der Waals surface area contributed by atoms with Gasteiger partial charge in [-0.3, -0.25) is 19.2 Å². The van der Waals surface area contributed by atoms with Gasteiger partial charge in [0.1, 0.15) is 16.4 Å². The maximum absolute atomic E-state index is 13.9. The quantitative estimate of drug-likeness (QED) is 0.128. The van der Waals surface area contributed by atoms with Gasteiger partial charge in [0, 0.05) is 5.38 Å². The van der Waals surface area contributed by atoms with Crippen LogP contribution in [0.3, 0.4) is 0 Å². The molecule has 4 heterocycles. The molecule has 4 N–H and O–H groups in total. The molecule has 2 saturated heterocycles. The molecule has 2 amide bonds. The number of hydrogen-bond donors (Lipinski definition) is 3. The van der Waals surface area contributed by atoms with Crippen molar-refractivity contribution in [2.45, 2.75) is 45.2 Å². The Bertz CT molecular complexity index is 1390. The molecule has 2 aromatic rings. The molecule has 2 aliphatic rings. The van der Waals surface area contributed by atoms with Crippen LogP contribution in [0.25, 0.3) is 6.08 Å². The van der Waals surface area contributed by atoms with Crippen LogP contribution in [0.1, 0.15) is 37.8 Å². The molecule has 4 rings (SSSR count). The third-order valence-corrected chi connectivity index (χ3v) is 9.17. The van der Waals surface area contributed by atoms with Crippen molar-refractivity contribution in [3.63, 3.8) is 0 Å². The van der Waals surface area contributed by atoms with Crippen LogP contribution in [0.2, 0.25) is 5.15 Å². The Morgan fingerprint density at radius 3 is 2.67 bits per heavy atom. The number of thiazole rings is 2. The minimum absolute atomic E-state index is 0.0946. The lowest BCUT2D eigenvalue weighted by Gasteiger charge is -2.54. The Morgan fingerprint density at radius 1 is 1.35 bits per heavy atom. The van der Waals surface area contributed by atoms with E-state index in [1.165, 1.54) is 33.9 Å². The van der Waals surface area contributed by atoms with Crippen LogP contribution in [0, 0.1) is 10.8 Å². The predicted molar refractivity (Wildman–Crippen MR) is 149 cm³/mol. The maximum atomic E-state index is 13.9. The number of β-lactam (4-membered cyclic amide) rings is 1. The zero-order valence-corrected chi connectivity index (χ0v) is 24.7. The van der Waals surface area contributed by atoms with Crippen molar-refractivity contribution < 1.29 is 33.9 Å². The van der Waals surface area contributed by atoms with Gasteiger partial charge in [0.25, 0.3) is 0 Å². The first-order chi connectivity index (χ1) is 18.9. The summed E-state index contributed by atoms with van der Waals surface area (Å²) in [5.41, 5.74) is 4.64. The highest BCUT2D eigenvalue weighted by molar-refractivity contribution is 8.14. The normalized spacial score (nSPS) is 23.6. The molecule has 2 unspecified atom stereocenters. The maximum Gasteiger partial charge on any atom is 0.329 e. The highest BCUT2D eigenvalue weighted by Crippen LogP contribution is 2.49. The van der Waals surface area contributed by atoms with E-state index >= 15 is 0 Å². The Hall–Kier alpha value is -3.21. The first-order valence-electron chi connectivity index (χ1n) is 11.7. The third kappa shape index (κ3) is 5.94. The van der Waals surface area contributed by atoms with Crippen molar-refractivity contribution in [2.24, 2.45) is 16.0 Å². The number of nitrogens with zero attached hydrogens (tertiary/aromatic N) is 4. The molecule has 2 fully saturated rings. The van der Waals surface area contributed by atoms with E-state index in [9.17, 15) is 24.4 Å². The molecule has 0 saturated carbocycles. The summed E-state index contributed by atoms with van der Waals surface area (Å²) in [4.78, 5) is 61.9. The molecule has 17 heteroatoms. The predicted octanol–water partition coefficient (Wildman–Crippen LogP) is 2.70. The average Bonchev–Trinajstić information content (AvgIpc) is 3.48. The van der Waals surface area contributed by atoms with E-state index in [2.05, 4.69) is 20.4 Å². The fraction of sp³-hybridized carbons (Fsp3) is 0.435. The van der Waals surface area contributed by atoms with Crippen molar-refractivity contribution in [1.82, 2.24) is 20.2 Å². The van der Waals surface area contributed by atoms with Crippen LogP contribution in [0.15, 0.2) is 22.1 Å². The number of carbonyl (C=O) groups excluding carboxylic acids is 4. The average molecular weight is 629 g/mol.